The van der Waals surface area contributed by atoms with Gasteiger partial charge in [-0.3, -0.25) is 9.36 Å². The van der Waals surface area contributed by atoms with Crippen molar-refractivity contribution in [1.82, 2.24) is 14.5 Å². The molecule has 1 aromatic carbocycles. The van der Waals surface area contributed by atoms with Gasteiger partial charge in [0.05, 0.1) is 22.7 Å². The molecule has 7 atom stereocenters. The Morgan fingerprint density at radius 3 is 2.45 bits per heavy atom. The molecule has 1 aromatic heterocycles. The minimum Gasteiger partial charge on any atom is -0.489 e. The van der Waals surface area contributed by atoms with Gasteiger partial charge < -0.3 is 14.7 Å². The van der Waals surface area contributed by atoms with Crippen molar-refractivity contribution in [3.05, 3.63) is 45.9 Å². The average Bonchev–Trinajstić information content (AvgIpc) is 3.62. The second-order valence-electron chi connectivity index (χ2n) is 13.8. The number of halogens is 3. The Balaban J connectivity index is 0.000000175. The summed E-state index contributed by atoms with van der Waals surface area (Å²) in [7, 11) is 0. The highest BCUT2D eigenvalue weighted by Gasteiger charge is 2.60. The average molecular weight is 667 g/mol. The lowest BCUT2D eigenvalue weighted by Gasteiger charge is -2.60. The number of ketones is 1. The van der Waals surface area contributed by atoms with Gasteiger partial charge in [-0.05, 0) is 98.0 Å². The Morgan fingerprint density at radius 2 is 1.77 bits per heavy atom. The third-order valence-corrected chi connectivity index (χ3v) is 12.3. The predicted molar refractivity (Wildman–Crippen MR) is 175 cm³/mol. The van der Waals surface area contributed by atoms with E-state index in [2.05, 4.69) is 18.8 Å². The third-order valence-electron chi connectivity index (χ3n) is 11.5. The first kappa shape index (κ1) is 33.6. The van der Waals surface area contributed by atoms with E-state index in [1.165, 1.54) is 43.0 Å². The van der Waals surface area contributed by atoms with Crippen LogP contribution in [0.3, 0.4) is 0 Å². The number of imidazole rings is 1. The SMILES string of the molecule is CCCN(CCOc1c(Cl)cc(Cl)cc1Cl)C(=O)n1ccnc1.C[C@]12CCC(=O)C[C@@H]1CC[C@@H]1[C@@H]2CC[C@]2(C)[C@@H](O)CC[C@@H]12. The van der Waals surface area contributed by atoms with E-state index in [1.807, 2.05) is 6.92 Å². The number of carbonyl (C=O) groups is 2. The molecule has 0 radical (unpaired) electrons. The molecule has 0 aliphatic heterocycles. The number of aliphatic hydroxyl groups excluding tert-OH is 1. The number of hydrogen-bond acceptors (Lipinski definition) is 5. The van der Waals surface area contributed by atoms with E-state index in [4.69, 9.17) is 39.5 Å². The topological polar surface area (TPSA) is 84.7 Å². The first-order chi connectivity index (χ1) is 21.0. The van der Waals surface area contributed by atoms with Crippen LogP contribution in [0.1, 0.15) is 85.0 Å². The van der Waals surface area contributed by atoms with E-state index in [-0.39, 0.29) is 24.2 Å². The number of aromatic nitrogens is 2. The highest BCUT2D eigenvalue weighted by atomic mass is 35.5. The number of amides is 1. The molecule has 0 saturated heterocycles. The maximum atomic E-state index is 12.3. The number of fused-ring (bicyclic) bond motifs is 5. The predicted octanol–water partition coefficient (Wildman–Crippen LogP) is 8.56. The molecular formula is C34H46Cl3N3O4. The molecule has 242 valence electrons. The molecule has 6 rings (SSSR count). The largest absolute Gasteiger partial charge is 0.489 e. The van der Waals surface area contributed by atoms with Gasteiger partial charge in [-0.15, -0.1) is 0 Å². The van der Waals surface area contributed by atoms with Gasteiger partial charge in [0.15, 0.2) is 5.75 Å². The van der Waals surface area contributed by atoms with Gasteiger partial charge in [-0.2, -0.15) is 0 Å². The van der Waals surface area contributed by atoms with Gasteiger partial charge in [-0.25, -0.2) is 9.78 Å². The third kappa shape index (κ3) is 6.67. The summed E-state index contributed by atoms with van der Waals surface area (Å²) in [6.45, 7) is 8.13. The van der Waals surface area contributed by atoms with E-state index < -0.39 is 0 Å². The van der Waals surface area contributed by atoms with Gasteiger partial charge in [0, 0.05) is 36.8 Å². The molecular weight excluding hydrogens is 621 g/mol. The normalized spacial score (nSPS) is 32.5. The molecule has 44 heavy (non-hydrogen) atoms. The molecule has 4 aliphatic carbocycles. The number of Topliss-reactive ketones (excluding diaryl/α,β-unsaturated/α-hetero) is 1. The summed E-state index contributed by atoms with van der Waals surface area (Å²) < 4.78 is 7.05. The lowest BCUT2D eigenvalue weighted by molar-refractivity contribution is -0.141. The smallest absolute Gasteiger partial charge is 0.329 e. The van der Waals surface area contributed by atoms with E-state index in [1.54, 1.807) is 29.4 Å². The van der Waals surface area contributed by atoms with Crippen LogP contribution in [-0.4, -0.2) is 57.2 Å². The minimum atomic E-state index is -0.152. The van der Waals surface area contributed by atoms with Gasteiger partial charge >= 0.3 is 6.03 Å². The van der Waals surface area contributed by atoms with Gasteiger partial charge in [0.25, 0.3) is 0 Å². The number of benzene rings is 1. The standard InChI is InChI=1S/C19H30O2.C15H16Cl3N3O2/c1-18-9-7-13(20)11-12(18)3-4-14-15-5-6-17(21)19(15,2)10-8-16(14)18;1-2-4-20(15(22)21-5-3-19-10-21)6-7-23-14-12(17)8-11(16)9-13(14)18/h12,14-17,21H,3-11H2,1-2H3;3,5,8-10H,2,4,6-7H2,1H3/t12-,14-,15-,16-,17-,18-,19-;/m0./s1. The molecule has 1 heterocycles. The molecule has 2 aromatic rings. The fourth-order valence-corrected chi connectivity index (χ4v) is 9.98. The number of rotatable bonds is 6. The van der Waals surface area contributed by atoms with Crippen molar-refractivity contribution in [1.29, 1.82) is 0 Å². The molecule has 4 saturated carbocycles. The second-order valence-corrected chi connectivity index (χ2v) is 15.1. The molecule has 10 heteroatoms. The lowest BCUT2D eigenvalue weighted by Crippen LogP contribution is -2.54. The number of nitrogens with zero attached hydrogens (tertiary/aromatic N) is 3. The van der Waals surface area contributed by atoms with Crippen LogP contribution in [0.5, 0.6) is 5.75 Å². The van der Waals surface area contributed by atoms with Crippen molar-refractivity contribution in [2.45, 2.75) is 91.1 Å². The maximum absolute atomic E-state index is 12.3. The summed E-state index contributed by atoms with van der Waals surface area (Å²) in [4.78, 5) is 29.8. The van der Waals surface area contributed by atoms with Crippen LogP contribution in [0, 0.1) is 34.5 Å². The zero-order valence-electron chi connectivity index (χ0n) is 26.1. The zero-order valence-corrected chi connectivity index (χ0v) is 28.4. The quantitative estimate of drug-likeness (QED) is 0.334. The van der Waals surface area contributed by atoms with Crippen LogP contribution < -0.4 is 4.74 Å². The summed E-state index contributed by atoms with van der Waals surface area (Å²) >= 11 is 18.0. The summed E-state index contributed by atoms with van der Waals surface area (Å²) in [6.07, 6.45) is 15.5. The van der Waals surface area contributed by atoms with Crippen LogP contribution in [0.15, 0.2) is 30.9 Å². The van der Waals surface area contributed by atoms with E-state index in [0.717, 1.165) is 49.9 Å². The Morgan fingerprint density at radius 1 is 1.05 bits per heavy atom. The van der Waals surface area contributed by atoms with Crippen LogP contribution in [-0.2, 0) is 4.79 Å². The molecule has 4 aliphatic rings. The fraction of sp³-hybridized carbons (Fsp3) is 0.676. The van der Waals surface area contributed by atoms with Crippen molar-refractivity contribution >= 4 is 46.6 Å². The van der Waals surface area contributed by atoms with Gasteiger partial charge in [0.2, 0.25) is 0 Å². The van der Waals surface area contributed by atoms with Crippen molar-refractivity contribution in [3.8, 4) is 5.75 Å². The Kier molecular flexibility index (Phi) is 10.6. The monoisotopic (exact) mass is 665 g/mol. The molecule has 1 amide bonds. The van der Waals surface area contributed by atoms with E-state index in [9.17, 15) is 14.7 Å². The van der Waals surface area contributed by atoms with E-state index in [0.29, 0.717) is 51.0 Å². The van der Waals surface area contributed by atoms with Gasteiger partial charge in [0.1, 0.15) is 18.7 Å². The van der Waals surface area contributed by atoms with Crippen molar-refractivity contribution in [3.63, 3.8) is 0 Å². The maximum Gasteiger partial charge on any atom is 0.329 e. The zero-order chi connectivity index (χ0) is 31.6. The molecule has 0 bridgehead atoms. The summed E-state index contributed by atoms with van der Waals surface area (Å²) in [6, 6.07) is 2.97. The lowest BCUT2D eigenvalue weighted by atomic mass is 9.45. The Hall–Kier alpha value is -1.80. The number of carbonyl (C=O) groups excluding carboxylic acids is 2. The summed E-state index contributed by atoms with van der Waals surface area (Å²) in [5.41, 5.74) is 0.598. The molecule has 7 nitrogen and oxygen atoms in total. The van der Waals surface area contributed by atoms with Crippen LogP contribution in [0.25, 0.3) is 0 Å². The minimum absolute atomic E-state index is 0.0677. The number of ether oxygens (including phenoxy) is 1. The number of hydrogen-bond donors (Lipinski definition) is 1. The van der Waals surface area contributed by atoms with Gasteiger partial charge in [-0.1, -0.05) is 55.6 Å². The Bertz CT molecular complexity index is 1300. The molecule has 1 N–H and O–H groups in total. The highest BCUT2D eigenvalue weighted by Crippen LogP contribution is 2.65. The van der Waals surface area contributed by atoms with Crippen LogP contribution in [0.2, 0.25) is 15.1 Å². The van der Waals surface area contributed by atoms with Crippen LogP contribution in [0.4, 0.5) is 4.79 Å². The molecule has 0 spiro atoms. The second kappa shape index (κ2) is 13.9. The fourth-order valence-electron chi connectivity index (χ4n) is 9.05. The first-order valence-corrected chi connectivity index (χ1v) is 17.4. The first-order valence-electron chi connectivity index (χ1n) is 16.2. The number of aliphatic hydroxyl groups is 1. The van der Waals surface area contributed by atoms with Crippen molar-refractivity contribution in [2.75, 3.05) is 19.7 Å². The van der Waals surface area contributed by atoms with Crippen molar-refractivity contribution < 1.29 is 19.4 Å². The Labute approximate surface area is 276 Å². The molecule has 0 unspecified atom stereocenters. The summed E-state index contributed by atoms with van der Waals surface area (Å²) in [5, 5.41) is 11.6. The highest BCUT2D eigenvalue weighted by molar-refractivity contribution is 6.40. The summed E-state index contributed by atoms with van der Waals surface area (Å²) in [5.74, 6) is 3.89. The van der Waals surface area contributed by atoms with E-state index >= 15 is 0 Å². The van der Waals surface area contributed by atoms with Crippen molar-refractivity contribution in [2.24, 2.45) is 34.5 Å². The molecule has 4 fully saturated rings. The van der Waals surface area contributed by atoms with Crippen LogP contribution >= 0.6 is 34.8 Å².